The zero-order chi connectivity index (χ0) is 13.0. The van der Waals surface area contributed by atoms with Crippen molar-refractivity contribution in [2.75, 3.05) is 13.7 Å². The molecule has 0 saturated carbocycles. The molecule has 0 heterocycles. The van der Waals surface area contributed by atoms with Gasteiger partial charge in [-0.05, 0) is 6.42 Å². The van der Waals surface area contributed by atoms with Gasteiger partial charge in [-0.15, -0.1) is 0 Å². The van der Waals surface area contributed by atoms with Crippen LogP contribution in [-0.4, -0.2) is 27.6 Å². The maximum Gasteiger partial charge on any atom is 0.534 e. The third-order valence-electron chi connectivity index (χ3n) is 1.80. The monoisotopic (exact) mass is 262 g/mol. The molecule has 0 aliphatic carbocycles. The zero-order valence-electron chi connectivity index (χ0n) is 8.87. The van der Waals surface area contributed by atoms with Gasteiger partial charge in [-0.1, -0.05) is 13.5 Å². The SMILES string of the molecule is C=C(OS(=O)(=O)C(F)(F)F)C(C)CCOC. The van der Waals surface area contributed by atoms with E-state index in [0.29, 0.717) is 6.42 Å². The Labute approximate surface area is 92.2 Å². The molecule has 0 aliphatic heterocycles. The van der Waals surface area contributed by atoms with E-state index < -0.39 is 27.3 Å². The van der Waals surface area contributed by atoms with Gasteiger partial charge in [0, 0.05) is 19.6 Å². The van der Waals surface area contributed by atoms with Gasteiger partial charge in [0.15, 0.2) is 0 Å². The minimum atomic E-state index is -5.61. The van der Waals surface area contributed by atoms with Gasteiger partial charge in [0.2, 0.25) is 0 Å². The lowest BCUT2D eigenvalue weighted by Crippen LogP contribution is -2.26. The highest BCUT2D eigenvalue weighted by Gasteiger charge is 2.48. The highest BCUT2D eigenvalue weighted by Crippen LogP contribution is 2.28. The fraction of sp³-hybridized carbons (Fsp3) is 0.750. The summed E-state index contributed by atoms with van der Waals surface area (Å²) in [6.07, 6.45) is 0.322. The Balaban J connectivity index is 4.46. The van der Waals surface area contributed by atoms with Crippen molar-refractivity contribution in [3.8, 4) is 0 Å². The fourth-order valence-electron chi connectivity index (χ4n) is 0.726. The standard InChI is InChI=1S/C8H13F3O4S/c1-6(4-5-14-3)7(2)15-16(12,13)8(9,10)11/h6H,2,4-5H2,1,3H3. The summed E-state index contributed by atoms with van der Waals surface area (Å²) in [7, 11) is -4.19. The van der Waals surface area contributed by atoms with Gasteiger partial charge in [0.25, 0.3) is 0 Å². The summed E-state index contributed by atoms with van der Waals surface area (Å²) in [6.45, 7) is 4.92. The molecule has 0 aliphatic rings. The highest BCUT2D eigenvalue weighted by molar-refractivity contribution is 7.87. The predicted molar refractivity (Wildman–Crippen MR) is 50.9 cm³/mol. The molecular formula is C8H13F3O4S. The lowest BCUT2D eigenvalue weighted by Gasteiger charge is -2.16. The molecule has 0 amide bonds. The number of hydrogen-bond donors (Lipinski definition) is 0. The number of alkyl halides is 3. The van der Waals surface area contributed by atoms with E-state index >= 15 is 0 Å². The third kappa shape index (κ3) is 4.40. The molecule has 4 nitrogen and oxygen atoms in total. The Morgan fingerprint density at radius 3 is 2.31 bits per heavy atom. The van der Waals surface area contributed by atoms with E-state index in [2.05, 4.69) is 10.8 Å². The molecule has 96 valence electrons. The average molecular weight is 262 g/mol. The first-order valence-electron chi connectivity index (χ1n) is 4.30. The molecule has 0 saturated heterocycles. The number of hydrogen-bond acceptors (Lipinski definition) is 4. The second-order valence-corrected chi connectivity index (χ2v) is 4.67. The van der Waals surface area contributed by atoms with Crippen molar-refractivity contribution >= 4 is 10.1 Å². The predicted octanol–water partition coefficient (Wildman–Crippen LogP) is 2.04. The molecule has 16 heavy (non-hydrogen) atoms. The summed E-state index contributed by atoms with van der Waals surface area (Å²) in [5.41, 5.74) is -5.43. The van der Waals surface area contributed by atoms with Gasteiger partial charge in [-0.25, -0.2) is 0 Å². The Morgan fingerprint density at radius 1 is 1.44 bits per heavy atom. The van der Waals surface area contributed by atoms with E-state index in [-0.39, 0.29) is 6.61 Å². The fourth-order valence-corrected chi connectivity index (χ4v) is 1.27. The molecule has 0 aromatic heterocycles. The molecule has 1 unspecified atom stereocenters. The second kappa shape index (κ2) is 5.53. The van der Waals surface area contributed by atoms with Gasteiger partial charge >= 0.3 is 15.6 Å². The number of halogens is 3. The van der Waals surface area contributed by atoms with E-state index in [1.54, 1.807) is 0 Å². The molecule has 8 heteroatoms. The normalized spacial score (nSPS) is 14.6. The van der Waals surface area contributed by atoms with Crippen LogP contribution in [0.15, 0.2) is 12.3 Å². The zero-order valence-corrected chi connectivity index (χ0v) is 9.69. The molecule has 0 aromatic rings. The van der Waals surface area contributed by atoms with Crippen LogP contribution in [0.5, 0.6) is 0 Å². The van der Waals surface area contributed by atoms with Gasteiger partial charge in [-0.3, -0.25) is 0 Å². The largest absolute Gasteiger partial charge is 0.534 e. The quantitative estimate of drug-likeness (QED) is 0.417. The average Bonchev–Trinajstić information content (AvgIpc) is 2.11. The number of allylic oxidation sites excluding steroid dienone is 1. The van der Waals surface area contributed by atoms with Crippen molar-refractivity contribution in [2.45, 2.75) is 18.9 Å². The Hall–Kier alpha value is -0.760. The summed E-state index contributed by atoms with van der Waals surface area (Å²) in [4.78, 5) is 0. The number of rotatable bonds is 6. The van der Waals surface area contributed by atoms with Crippen molar-refractivity contribution < 1.29 is 30.5 Å². The van der Waals surface area contributed by atoms with Crippen LogP contribution in [0, 0.1) is 5.92 Å². The van der Waals surface area contributed by atoms with Gasteiger partial charge in [0.05, 0.1) is 0 Å². The summed E-state index contributed by atoms with van der Waals surface area (Å²) in [5.74, 6) is -0.994. The third-order valence-corrected chi connectivity index (χ3v) is 2.81. The first-order chi connectivity index (χ1) is 7.12. The Morgan fingerprint density at radius 2 is 1.94 bits per heavy atom. The number of ether oxygens (including phenoxy) is 1. The van der Waals surface area contributed by atoms with E-state index in [0.717, 1.165) is 0 Å². The lowest BCUT2D eigenvalue weighted by atomic mass is 10.1. The molecule has 0 N–H and O–H groups in total. The molecule has 0 rings (SSSR count). The van der Waals surface area contributed by atoms with Crippen LogP contribution in [0.3, 0.4) is 0 Å². The van der Waals surface area contributed by atoms with Crippen molar-refractivity contribution in [1.29, 1.82) is 0 Å². The maximum absolute atomic E-state index is 11.9. The summed E-state index contributed by atoms with van der Waals surface area (Å²) < 4.78 is 65.5. The smallest absolute Gasteiger partial charge is 0.385 e. The van der Waals surface area contributed by atoms with E-state index in [1.807, 2.05) is 0 Å². The van der Waals surface area contributed by atoms with E-state index in [1.165, 1.54) is 14.0 Å². The molecule has 0 fully saturated rings. The van der Waals surface area contributed by atoms with Crippen LogP contribution in [0.2, 0.25) is 0 Å². The van der Waals surface area contributed by atoms with E-state index in [4.69, 9.17) is 4.74 Å². The van der Waals surface area contributed by atoms with Crippen LogP contribution >= 0.6 is 0 Å². The number of methoxy groups -OCH3 is 1. The summed E-state index contributed by atoms with van der Waals surface area (Å²) in [5, 5.41) is 0. The summed E-state index contributed by atoms with van der Waals surface area (Å²) >= 11 is 0. The molecule has 0 spiro atoms. The van der Waals surface area contributed by atoms with Crippen LogP contribution in [0.25, 0.3) is 0 Å². The van der Waals surface area contributed by atoms with Gasteiger partial charge < -0.3 is 8.92 Å². The molecule has 0 aromatic carbocycles. The topological polar surface area (TPSA) is 52.6 Å². The Bertz CT molecular complexity index is 334. The van der Waals surface area contributed by atoms with E-state index in [9.17, 15) is 21.6 Å². The minimum absolute atomic E-state index is 0.273. The lowest BCUT2D eigenvalue weighted by molar-refractivity contribution is -0.0526. The first-order valence-corrected chi connectivity index (χ1v) is 5.71. The van der Waals surface area contributed by atoms with Crippen molar-refractivity contribution in [1.82, 2.24) is 0 Å². The van der Waals surface area contributed by atoms with Crippen molar-refractivity contribution in [2.24, 2.45) is 5.92 Å². The maximum atomic E-state index is 11.9. The molecule has 0 bridgehead atoms. The Kier molecular flexibility index (Phi) is 5.27. The second-order valence-electron chi connectivity index (χ2n) is 3.13. The highest BCUT2D eigenvalue weighted by atomic mass is 32.2. The van der Waals surface area contributed by atoms with Crippen LogP contribution in [0.1, 0.15) is 13.3 Å². The molecule has 1 atom stereocenters. The molecular weight excluding hydrogens is 249 g/mol. The summed E-state index contributed by atoms with van der Waals surface area (Å²) in [6, 6.07) is 0. The first kappa shape index (κ1) is 15.2. The minimum Gasteiger partial charge on any atom is -0.385 e. The van der Waals surface area contributed by atoms with Crippen LogP contribution in [-0.2, 0) is 19.0 Å². The van der Waals surface area contributed by atoms with Crippen LogP contribution in [0.4, 0.5) is 13.2 Å². The van der Waals surface area contributed by atoms with Gasteiger partial charge in [0.1, 0.15) is 5.76 Å². The molecule has 0 radical (unpaired) electrons. The van der Waals surface area contributed by atoms with Crippen LogP contribution < -0.4 is 0 Å². The van der Waals surface area contributed by atoms with Crippen molar-refractivity contribution in [3.05, 3.63) is 12.3 Å². The van der Waals surface area contributed by atoms with Crippen molar-refractivity contribution in [3.63, 3.8) is 0 Å². The van der Waals surface area contributed by atoms with Gasteiger partial charge in [-0.2, -0.15) is 21.6 Å².